The van der Waals surface area contributed by atoms with Crippen molar-refractivity contribution in [1.29, 1.82) is 0 Å². The van der Waals surface area contributed by atoms with E-state index in [0.29, 0.717) is 23.7 Å². The predicted octanol–water partition coefficient (Wildman–Crippen LogP) is 4.18. The molecule has 3 heteroatoms. The molecule has 40 heavy (non-hydrogen) atoms. The number of aryl methyl sites for hydroxylation is 1. The molecule has 0 N–H and O–H groups in total. The molecule has 0 spiro atoms. The van der Waals surface area contributed by atoms with Crippen molar-refractivity contribution in [3.8, 4) is 11.1 Å². The molecule has 0 aliphatic heterocycles. The van der Waals surface area contributed by atoms with Crippen LogP contribution in [0, 0.1) is 32.6 Å². The van der Waals surface area contributed by atoms with Gasteiger partial charge in [0.2, 0.25) is 0 Å². The van der Waals surface area contributed by atoms with Crippen LogP contribution in [0.25, 0.3) is 21.9 Å². The molecule has 210 valence electrons. The van der Waals surface area contributed by atoms with Crippen molar-refractivity contribution in [3.63, 3.8) is 0 Å². The van der Waals surface area contributed by atoms with Crippen LogP contribution in [0.2, 0.25) is 0 Å². The number of benzene rings is 3. The summed E-state index contributed by atoms with van der Waals surface area (Å²) < 4.78 is 3.77. The van der Waals surface area contributed by atoms with Crippen LogP contribution >= 0.6 is 0 Å². The molecule has 6 rings (SSSR count). The Labute approximate surface area is 262 Å². The third kappa shape index (κ3) is 4.12. The van der Waals surface area contributed by atoms with Gasteiger partial charge in [-0.25, -0.2) is 0 Å². The first-order valence-corrected chi connectivity index (χ1v) is 18.4. The molecule has 0 heterocycles. The molecule has 0 saturated carbocycles. The van der Waals surface area contributed by atoms with Crippen molar-refractivity contribution < 1.29 is 46.1 Å². The first-order valence-electron chi connectivity index (χ1n) is 14.8. The fraction of sp³-hybridized carbons (Fsp3) is 0.432. The van der Waals surface area contributed by atoms with E-state index in [4.69, 9.17) is 0 Å². The number of hydrogen-bond acceptors (Lipinski definition) is 0. The van der Waals surface area contributed by atoms with Gasteiger partial charge < -0.3 is 24.8 Å². The summed E-state index contributed by atoms with van der Waals surface area (Å²) in [6.45, 7) is 24.9. The predicted molar refractivity (Wildman–Crippen MR) is 163 cm³/mol. The Morgan fingerprint density at radius 1 is 0.875 bits per heavy atom. The van der Waals surface area contributed by atoms with E-state index in [2.05, 4.69) is 118 Å². The SMILES string of the molecule is C[C](C)=[Zr+2]([C]1=CC=CC1)[C]1(C)c2c3c(c4ccccc4c2C(C)C(C)C1C)-c1cc(C)c(C)c(C)c1C3C.[Cl-].[Cl-]. The van der Waals surface area contributed by atoms with Gasteiger partial charge in [-0.2, -0.15) is 0 Å². The van der Waals surface area contributed by atoms with Crippen molar-refractivity contribution in [2.24, 2.45) is 11.8 Å². The summed E-state index contributed by atoms with van der Waals surface area (Å²) in [5.74, 6) is 2.30. The van der Waals surface area contributed by atoms with Crippen LogP contribution in [-0.4, -0.2) is 3.21 Å². The molecule has 0 bridgehead atoms. The van der Waals surface area contributed by atoms with E-state index in [1.165, 1.54) is 39.4 Å². The van der Waals surface area contributed by atoms with Gasteiger partial charge >= 0.3 is 240 Å². The Morgan fingerprint density at radius 2 is 1.52 bits per heavy atom. The zero-order valence-electron chi connectivity index (χ0n) is 25.9. The Bertz CT molecular complexity index is 1620. The first kappa shape index (κ1) is 31.7. The van der Waals surface area contributed by atoms with Gasteiger partial charge in [-0.1, -0.05) is 0 Å². The summed E-state index contributed by atoms with van der Waals surface area (Å²) in [6.07, 6.45) is 8.42. The maximum atomic E-state index is 2.73. The standard InChI is InChI=1S/C29H33.C5H5.C3H6.2ClH.Zr/c1-14-13-24-25(18(5)15(14)2)21(8)28-27-20(7)17(4)16(3)19(6)26(27)22-11-9-10-12-23(22)29(24)28;1-2-4-5-3-1;1-3-2;;;/h9-13,16-17,19,21H,1-8H3;1-3H,4H2;1-2H3;2*1H;/q;;;;;+2/p-2. The average Bonchev–Trinajstić information content (AvgIpc) is 3.51. The van der Waals surface area contributed by atoms with E-state index < -0.39 is 21.3 Å². The molecule has 3 aromatic carbocycles. The number of fused-ring (bicyclic) bond motifs is 8. The fourth-order valence-corrected chi connectivity index (χ4v) is 19.1. The Hall–Kier alpha value is -1.27. The molecule has 3 aromatic rings. The second-order valence-electron chi connectivity index (χ2n) is 13.1. The second-order valence-corrected chi connectivity index (χ2v) is 21.5. The second kappa shape index (κ2) is 11.1. The third-order valence-corrected chi connectivity index (χ3v) is 20.4. The number of hydrogen-bond donors (Lipinski definition) is 0. The zero-order valence-corrected chi connectivity index (χ0v) is 29.9. The molecule has 0 aromatic heterocycles. The molecule has 3 aliphatic carbocycles. The van der Waals surface area contributed by atoms with E-state index in [1.807, 2.05) is 0 Å². The Balaban J connectivity index is 0.00000185. The van der Waals surface area contributed by atoms with Crippen LogP contribution in [0.5, 0.6) is 0 Å². The van der Waals surface area contributed by atoms with E-state index in [0.717, 1.165) is 0 Å². The number of halogens is 2. The molecular formula is C37H44Cl2Zr. The van der Waals surface area contributed by atoms with E-state index in [-0.39, 0.29) is 27.9 Å². The largest absolute Gasteiger partial charge is 1.00 e. The minimum absolute atomic E-state index is 0. The van der Waals surface area contributed by atoms with E-state index in [9.17, 15) is 0 Å². The summed E-state index contributed by atoms with van der Waals surface area (Å²) in [4.78, 5) is 0. The van der Waals surface area contributed by atoms with Crippen LogP contribution in [0.3, 0.4) is 0 Å². The third-order valence-electron chi connectivity index (χ3n) is 11.2. The van der Waals surface area contributed by atoms with Gasteiger partial charge in [0.1, 0.15) is 0 Å². The van der Waals surface area contributed by atoms with Gasteiger partial charge in [0.15, 0.2) is 0 Å². The van der Waals surface area contributed by atoms with Gasteiger partial charge in [-0.15, -0.1) is 0 Å². The van der Waals surface area contributed by atoms with E-state index >= 15 is 0 Å². The minimum Gasteiger partial charge on any atom is -1.00 e. The molecule has 5 atom stereocenters. The van der Waals surface area contributed by atoms with Gasteiger partial charge in [0.05, 0.1) is 0 Å². The smallest absolute Gasteiger partial charge is 1.00 e. The normalized spacial score (nSPS) is 25.7. The van der Waals surface area contributed by atoms with Crippen molar-refractivity contribution in [1.82, 2.24) is 0 Å². The molecular weight excluding hydrogens is 607 g/mol. The molecule has 0 amide bonds. The minimum atomic E-state index is -2.27. The topological polar surface area (TPSA) is 0 Å². The number of rotatable bonds is 2. The number of allylic oxidation sites excluding steroid dienone is 4. The van der Waals surface area contributed by atoms with Crippen LogP contribution in [-0.2, 0) is 24.4 Å². The fourth-order valence-electron chi connectivity index (χ4n) is 8.86. The molecule has 0 fully saturated rings. The first-order chi connectivity index (χ1) is 18.0. The molecule has 5 unspecified atom stereocenters. The zero-order chi connectivity index (χ0) is 27.3. The van der Waals surface area contributed by atoms with Gasteiger partial charge in [-0.3, -0.25) is 0 Å². The van der Waals surface area contributed by atoms with Crippen LogP contribution < -0.4 is 24.8 Å². The van der Waals surface area contributed by atoms with Crippen molar-refractivity contribution >= 4 is 14.0 Å². The summed E-state index contributed by atoms with van der Waals surface area (Å²) in [6, 6.07) is 12.0. The maximum absolute atomic E-state index is 2.73. The van der Waals surface area contributed by atoms with Crippen LogP contribution in [0.4, 0.5) is 0 Å². The molecule has 0 saturated heterocycles. The van der Waals surface area contributed by atoms with Gasteiger partial charge in [0, 0.05) is 0 Å². The van der Waals surface area contributed by atoms with Crippen molar-refractivity contribution in [2.75, 3.05) is 0 Å². The van der Waals surface area contributed by atoms with Crippen LogP contribution in [0.15, 0.2) is 51.8 Å². The average molecular weight is 651 g/mol. The quantitative estimate of drug-likeness (QED) is 0.391. The Morgan fingerprint density at radius 3 is 2.12 bits per heavy atom. The van der Waals surface area contributed by atoms with Crippen molar-refractivity contribution in [2.45, 2.75) is 90.6 Å². The van der Waals surface area contributed by atoms with Gasteiger partial charge in [-0.05, 0) is 0 Å². The summed E-state index contributed by atoms with van der Waals surface area (Å²) in [5, 5.41) is 3.00. The monoisotopic (exact) mass is 648 g/mol. The molecule has 3 aliphatic rings. The van der Waals surface area contributed by atoms with Gasteiger partial charge in [0.25, 0.3) is 0 Å². The molecule has 0 radical (unpaired) electrons. The summed E-state index contributed by atoms with van der Waals surface area (Å²) >= 11 is -2.27. The van der Waals surface area contributed by atoms with Crippen LogP contribution in [0.1, 0.15) is 106 Å². The maximum Gasteiger partial charge on any atom is -1.00 e. The van der Waals surface area contributed by atoms with E-state index in [1.54, 1.807) is 34.3 Å². The van der Waals surface area contributed by atoms with Crippen molar-refractivity contribution in [3.05, 3.63) is 90.8 Å². The summed E-state index contributed by atoms with van der Waals surface area (Å²) in [7, 11) is 0. The molecule has 0 nitrogen and oxygen atoms in total. The summed E-state index contributed by atoms with van der Waals surface area (Å²) in [5.41, 5.74) is 14.2. The Kier molecular flexibility index (Phi) is 8.79.